The van der Waals surface area contributed by atoms with Gasteiger partial charge in [-0.25, -0.2) is 4.68 Å². The van der Waals surface area contributed by atoms with Gasteiger partial charge in [-0.1, -0.05) is 0 Å². The summed E-state index contributed by atoms with van der Waals surface area (Å²) in [6.45, 7) is 1.53. The Kier molecular flexibility index (Phi) is 2.25. The highest BCUT2D eigenvalue weighted by molar-refractivity contribution is 5.24. The summed E-state index contributed by atoms with van der Waals surface area (Å²) in [5.41, 5.74) is -0.564. The van der Waals surface area contributed by atoms with E-state index in [-0.39, 0.29) is 5.82 Å². The van der Waals surface area contributed by atoms with Crippen molar-refractivity contribution in [1.29, 1.82) is 0 Å². The maximum absolute atomic E-state index is 12.4. The van der Waals surface area contributed by atoms with Crippen LogP contribution in [-0.2, 0) is 13.2 Å². The smallest absolute Gasteiger partial charge is 0.273 e. The van der Waals surface area contributed by atoms with Crippen LogP contribution in [0, 0.1) is 13.0 Å². The second-order valence-electron chi connectivity index (χ2n) is 3.35. The fourth-order valence-corrected chi connectivity index (χ4v) is 1.29. The van der Waals surface area contributed by atoms with Gasteiger partial charge >= 0.3 is 6.18 Å². The molecule has 0 atom stereocenters. The molecule has 0 bridgehead atoms. The standard InChI is InChI=1S/C9H8F3N4/c1-6-5-7(9(10,11)12)13-16(6)8-3-4-15(2)14-8/h4-5H,1-2H3. The van der Waals surface area contributed by atoms with Crippen molar-refractivity contribution in [3.8, 4) is 5.82 Å². The second kappa shape index (κ2) is 3.36. The van der Waals surface area contributed by atoms with Gasteiger partial charge in [-0.3, -0.25) is 4.68 Å². The highest BCUT2D eigenvalue weighted by Crippen LogP contribution is 2.28. The molecule has 0 N–H and O–H groups in total. The third-order valence-electron chi connectivity index (χ3n) is 2.01. The molecule has 2 aromatic heterocycles. The zero-order chi connectivity index (χ0) is 11.9. The highest BCUT2D eigenvalue weighted by Gasteiger charge is 2.34. The van der Waals surface area contributed by atoms with E-state index in [1.807, 2.05) is 0 Å². The molecule has 0 amide bonds. The number of rotatable bonds is 1. The quantitative estimate of drug-likeness (QED) is 0.746. The van der Waals surface area contributed by atoms with Crippen molar-refractivity contribution >= 4 is 0 Å². The van der Waals surface area contributed by atoms with E-state index < -0.39 is 11.9 Å². The molecule has 7 heteroatoms. The summed E-state index contributed by atoms with van der Waals surface area (Å²) < 4.78 is 39.7. The summed E-state index contributed by atoms with van der Waals surface area (Å²) in [6, 6.07) is 3.69. The first-order chi connectivity index (χ1) is 7.38. The molecule has 2 rings (SSSR count). The van der Waals surface area contributed by atoms with Gasteiger partial charge in [-0.15, -0.1) is 0 Å². The number of hydrogen-bond donors (Lipinski definition) is 0. The van der Waals surface area contributed by atoms with Gasteiger partial charge in [0.2, 0.25) is 0 Å². The lowest BCUT2D eigenvalue weighted by molar-refractivity contribution is -0.141. The van der Waals surface area contributed by atoms with Crippen molar-refractivity contribution in [3.63, 3.8) is 0 Å². The van der Waals surface area contributed by atoms with Crippen LogP contribution in [0.15, 0.2) is 12.3 Å². The lowest BCUT2D eigenvalue weighted by Crippen LogP contribution is -2.08. The normalized spacial score (nSPS) is 12.1. The zero-order valence-electron chi connectivity index (χ0n) is 8.58. The summed E-state index contributed by atoms with van der Waals surface area (Å²) in [7, 11) is 1.66. The molecule has 4 nitrogen and oxygen atoms in total. The van der Waals surface area contributed by atoms with E-state index in [1.165, 1.54) is 17.8 Å². The molecule has 2 heterocycles. The lowest BCUT2D eigenvalue weighted by atomic mass is 10.4. The maximum Gasteiger partial charge on any atom is 0.435 e. The molecule has 0 aliphatic heterocycles. The molecule has 0 aliphatic rings. The maximum atomic E-state index is 12.4. The molecule has 0 aromatic carbocycles. The molecule has 0 aliphatic carbocycles. The molecule has 0 fully saturated rings. The third-order valence-corrected chi connectivity index (χ3v) is 2.01. The average Bonchev–Trinajstić information content (AvgIpc) is 2.70. The fraction of sp³-hybridized carbons (Fsp3) is 0.333. The highest BCUT2D eigenvalue weighted by atomic mass is 19.4. The molecular weight excluding hydrogens is 221 g/mol. The van der Waals surface area contributed by atoms with Crippen LogP contribution < -0.4 is 0 Å². The van der Waals surface area contributed by atoms with Crippen LogP contribution in [0.25, 0.3) is 5.82 Å². The number of aromatic nitrogens is 4. The van der Waals surface area contributed by atoms with Crippen molar-refractivity contribution in [2.24, 2.45) is 7.05 Å². The Bertz CT molecular complexity index is 509. The number of hydrogen-bond acceptors (Lipinski definition) is 2. The Morgan fingerprint density at radius 1 is 1.31 bits per heavy atom. The minimum Gasteiger partial charge on any atom is -0.273 e. The summed E-state index contributed by atoms with van der Waals surface area (Å²) in [5, 5.41) is 7.38. The topological polar surface area (TPSA) is 35.6 Å². The van der Waals surface area contributed by atoms with Crippen LogP contribution >= 0.6 is 0 Å². The van der Waals surface area contributed by atoms with E-state index in [2.05, 4.69) is 16.3 Å². The van der Waals surface area contributed by atoms with Crippen LogP contribution in [0.4, 0.5) is 13.2 Å². The molecule has 85 valence electrons. The SMILES string of the molecule is Cc1cc(C(F)(F)F)nn1-c1[c]cn(C)n1. The minimum absolute atomic E-state index is 0.246. The summed E-state index contributed by atoms with van der Waals surface area (Å²) in [6.07, 6.45) is -2.92. The van der Waals surface area contributed by atoms with Crippen LogP contribution in [-0.4, -0.2) is 19.6 Å². The number of halogens is 3. The molecule has 2 aromatic rings. The van der Waals surface area contributed by atoms with E-state index in [9.17, 15) is 13.2 Å². The lowest BCUT2D eigenvalue weighted by Gasteiger charge is -2.00. The van der Waals surface area contributed by atoms with Crippen molar-refractivity contribution in [3.05, 3.63) is 29.7 Å². The van der Waals surface area contributed by atoms with Gasteiger partial charge in [0.05, 0.1) is 6.07 Å². The van der Waals surface area contributed by atoms with E-state index in [1.54, 1.807) is 7.05 Å². The van der Waals surface area contributed by atoms with E-state index >= 15 is 0 Å². The Hall–Kier alpha value is -1.79. The van der Waals surface area contributed by atoms with Gasteiger partial charge in [0.15, 0.2) is 11.5 Å². The molecule has 1 radical (unpaired) electrons. The van der Waals surface area contributed by atoms with Crippen molar-refractivity contribution < 1.29 is 13.2 Å². The van der Waals surface area contributed by atoms with Crippen LogP contribution in [0.3, 0.4) is 0 Å². The first-order valence-corrected chi connectivity index (χ1v) is 4.43. The van der Waals surface area contributed by atoms with Gasteiger partial charge < -0.3 is 0 Å². The van der Waals surface area contributed by atoms with Gasteiger partial charge in [-0.05, 0) is 13.0 Å². The predicted molar refractivity (Wildman–Crippen MR) is 48.9 cm³/mol. The Labute approximate surface area is 89.3 Å². The van der Waals surface area contributed by atoms with E-state index in [4.69, 9.17) is 0 Å². The molecule has 0 unspecified atom stereocenters. The first-order valence-electron chi connectivity index (χ1n) is 4.43. The van der Waals surface area contributed by atoms with Gasteiger partial charge in [0.25, 0.3) is 0 Å². The van der Waals surface area contributed by atoms with Crippen molar-refractivity contribution in [2.75, 3.05) is 0 Å². The fourth-order valence-electron chi connectivity index (χ4n) is 1.29. The van der Waals surface area contributed by atoms with Gasteiger partial charge in [0.1, 0.15) is 0 Å². The summed E-state index contributed by atoms with van der Waals surface area (Å²) >= 11 is 0. The summed E-state index contributed by atoms with van der Waals surface area (Å²) in [5.74, 6) is 0.246. The van der Waals surface area contributed by atoms with Crippen molar-refractivity contribution in [1.82, 2.24) is 19.6 Å². The average molecular weight is 229 g/mol. The van der Waals surface area contributed by atoms with Crippen LogP contribution in [0.5, 0.6) is 0 Å². The zero-order valence-corrected chi connectivity index (χ0v) is 8.58. The molecule has 0 spiro atoms. The van der Waals surface area contributed by atoms with Gasteiger partial charge in [0, 0.05) is 18.9 Å². The van der Waals surface area contributed by atoms with E-state index in [0.717, 1.165) is 10.7 Å². The van der Waals surface area contributed by atoms with Gasteiger partial charge in [-0.2, -0.15) is 23.4 Å². The number of nitrogens with zero attached hydrogens (tertiary/aromatic N) is 4. The molecule has 0 saturated heterocycles. The monoisotopic (exact) mass is 229 g/mol. The molecule has 16 heavy (non-hydrogen) atoms. The largest absolute Gasteiger partial charge is 0.435 e. The Balaban J connectivity index is 2.47. The summed E-state index contributed by atoms with van der Waals surface area (Å²) in [4.78, 5) is 0. The third kappa shape index (κ3) is 1.80. The number of aryl methyl sites for hydroxylation is 2. The Morgan fingerprint density at radius 2 is 2.00 bits per heavy atom. The molecular formula is C9H8F3N4. The Morgan fingerprint density at radius 3 is 2.44 bits per heavy atom. The van der Waals surface area contributed by atoms with Crippen LogP contribution in [0.1, 0.15) is 11.4 Å². The van der Waals surface area contributed by atoms with Crippen molar-refractivity contribution in [2.45, 2.75) is 13.1 Å². The first kappa shape index (κ1) is 10.7. The predicted octanol–water partition coefficient (Wildman–Crippen LogP) is 1.73. The van der Waals surface area contributed by atoms with Crippen LogP contribution in [0.2, 0.25) is 0 Å². The minimum atomic E-state index is -4.44. The number of alkyl halides is 3. The van der Waals surface area contributed by atoms with E-state index in [0.29, 0.717) is 5.69 Å². The second-order valence-corrected chi connectivity index (χ2v) is 3.35. The molecule has 0 saturated carbocycles.